The Morgan fingerprint density at radius 2 is 2.04 bits per heavy atom. The summed E-state index contributed by atoms with van der Waals surface area (Å²) in [6, 6.07) is 14.1. The molecule has 1 fully saturated rings. The second-order valence-corrected chi connectivity index (χ2v) is 7.29. The van der Waals surface area contributed by atoms with Gasteiger partial charge in [-0.15, -0.1) is 0 Å². The van der Waals surface area contributed by atoms with E-state index in [9.17, 15) is 4.79 Å². The summed E-state index contributed by atoms with van der Waals surface area (Å²) in [6.07, 6.45) is 0.980. The molecule has 2 atom stereocenters. The number of para-hydroxylation sites is 2. The van der Waals surface area contributed by atoms with Gasteiger partial charge in [0.05, 0.1) is 12.8 Å². The van der Waals surface area contributed by atoms with Gasteiger partial charge in [0.25, 0.3) is 0 Å². The van der Waals surface area contributed by atoms with Gasteiger partial charge in [0.1, 0.15) is 5.75 Å². The number of urea groups is 1. The highest BCUT2D eigenvalue weighted by molar-refractivity contribution is 6.04. The van der Waals surface area contributed by atoms with Crippen LogP contribution in [0.4, 0.5) is 16.2 Å². The lowest BCUT2D eigenvalue weighted by Crippen LogP contribution is -2.48. The van der Waals surface area contributed by atoms with Crippen LogP contribution in [0.25, 0.3) is 0 Å². The zero-order valence-corrected chi connectivity index (χ0v) is 15.5. The third-order valence-electron chi connectivity index (χ3n) is 5.52. The molecule has 1 N–H and O–H groups in total. The summed E-state index contributed by atoms with van der Waals surface area (Å²) in [7, 11) is 3.77. The minimum Gasteiger partial charge on any atom is -0.495 e. The first-order valence-electron chi connectivity index (χ1n) is 9.11. The molecule has 136 valence electrons. The van der Waals surface area contributed by atoms with Crippen molar-refractivity contribution in [2.24, 2.45) is 0 Å². The number of carbonyl (C=O) groups is 1. The van der Waals surface area contributed by atoms with E-state index in [-0.39, 0.29) is 12.1 Å². The standard InChI is InChI=1S/C21H25N3O2/c1-14-8-9-18-15(12-14)16-13-23(2)11-10-19(16)24(18)21(25)22-17-6-4-5-7-20(17)26-3/h4-9,12,16,19H,10-11,13H2,1-3H3,(H,22,25)/t16-,19+/m0/s1. The van der Waals surface area contributed by atoms with Crippen LogP contribution in [0, 0.1) is 6.92 Å². The van der Waals surface area contributed by atoms with Crippen LogP contribution in [-0.4, -0.2) is 44.2 Å². The quantitative estimate of drug-likeness (QED) is 0.894. The van der Waals surface area contributed by atoms with Crippen LogP contribution in [0.3, 0.4) is 0 Å². The van der Waals surface area contributed by atoms with Gasteiger partial charge in [-0.2, -0.15) is 0 Å². The van der Waals surface area contributed by atoms with Crippen molar-refractivity contribution in [3.63, 3.8) is 0 Å². The Hall–Kier alpha value is -2.53. The molecule has 5 heteroatoms. The lowest BCUT2D eigenvalue weighted by molar-refractivity contribution is 0.224. The molecule has 0 spiro atoms. The van der Waals surface area contributed by atoms with E-state index in [0.717, 1.165) is 25.2 Å². The summed E-state index contributed by atoms with van der Waals surface area (Å²) in [5.74, 6) is 1.04. The lowest BCUT2D eigenvalue weighted by Gasteiger charge is -2.36. The van der Waals surface area contributed by atoms with Crippen molar-refractivity contribution in [3.05, 3.63) is 53.6 Å². The van der Waals surface area contributed by atoms with E-state index in [1.54, 1.807) is 7.11 Å². The van der Waals surface area contributed by atoms with Gasteiger partial charge in [-0.05, 0) is 50.7 Å². The van der Waals surface area contributed by atoms with Gasteiger partial charge in [-0.25, -0.2) is 4.79 Å². The number of carbonyl (C=O) groups excluding carboxylic acids is 1. The van der Waals surface area contributed by atoms with Crippen molar-refractivity contribution in [3.8, 4) is 5.75 Å². The largest absolute Gasteiger partial charge is 0.495 e. The zero-order chi connectivity index (χ0) is 18.3. The summed E-state index contributed by atoms with van der Waals surface area (Å²) < 4.78 is 5.37. The number of amides is 2. The zero-order valence-electron chi connectivity index (χ0n) is 15.5. The van der Waals surface area contributed by atoms with Crippen LogP contribution in [0.5, 0.6) is 5.75 Å². The van der Waals surface area contributed by atoms with Crippen LogP contribution < -0.4 is 15.0 Å². The molecule has 1 saturated heterocycles. The van der Waals surface area contributed by atoms with Crippen molar-refractivity contribution in [1.29, 1.82) is 0 Å². The molecule has 0 aliphatic carbocycles. The number of piperidine rings is 1. The molecule has 2 amide bonds. The smallest absolute Gasteiger partial charge is 0.326 e. The van der Waals surface area contributed by atoms with Gasteiger partial charge in [0.2, 0.25) is 0 Å². The second-order valence-electron chi connectivity index (χ2n) is 7.29. The summed E-state index contributed by atoms with van der Waals surface area (Å²) in [5, 5.41) is 3.05. The molecular weight excluding hydrogens is 326 g/mol. The topological polar surface area (TPSA) is 44.8 Å². The van der Waals surface area contributed by atoms with Gasteiger partial charge in [0.15, 0.2) is 0 Å². The summed E-state index contributed by atoms with van der Waals surface area (Å²) in [4.78, 5) is 17.5. The highest BCUT2D eigenvalue weighted by atomic mass is 16.5. The van der Waals surface area contributed by atoms with Crippen molar-refractivity contribution in [2.75, 3.05) is 37.5 Å². The Labute approximate surface area is 154 Å². The number of benzene rings is 2. The lowest BCUT2D eigenvalue weighted by atomic mass is 9.89. The molecule has 2 aliphatic heterocycles. The minimum atomic E-state index is -0.0864. The van der Waals surface area contributed by atoms with Gasteiger partial charge >= 0.3 is 6.03 Å². The molecule has 0 aromatic heterocycles. The number of methoxy groups -OCH3 is 1. The number of nitrogens with zero attached hydrogens (tertiary/aromatic N) is 2. The number of nitrogens with one attached hydrogen (secondary N) is 1. The average molecular weight is 351 g/mol. The van der Waals surface area contributed by atoms with E-state index >= 15 is 0 Å². The minimum absolute atomic E-state index is 0.0864. The molecule has 2 aromatic rings. The number of likely N-dealkylation sites (N-methyl/N-ethyl adjacent to an activating group) is 1. The molecule has 2 aliphatic rings. The van der Waals surface area contributed by atoms with Crippen LogP contribution >= 0.6 is 0 Å². The third-order valence-corrected chi connectivity index (χ3v) is 5.52. The highest BCUT2D eigenvalue weighted by Crippen LogP contribution is 2.45. The third kappa shape index (κ3) is 2.82. The van der Waals surface area contributed by atoms with Crippen LogP contribution in [0.2, 0.25) is 0 Å². The highest BCUT2D eigenvalue weighted by Gasteiger charge is 2.44. The first-order valence-corrected chi connectivity index (χ1v) is 9.11. The Morgan fingerprint density at radius 1 is 1.23 bits per heavy atom. The Morgan fingerprint density at radius 3 is 2.85 bits per heavy atom. The molecule has 0 bridgehead atoms. The maximum Gasteiger partial charge on any atom is 0.326 e. The molecule has 2 aromatic carbocycles. The molecule has 0 unspecified atom stereocenters. The first-order chi connectivity index (χ1) is 12.6. The van der Waals surface area contributed by atoms with Crippen LogP contribution in [0.15, 0.2) is 42.5 Å². The number of rotatable bonds is 2. The number of ether oxygens (including phenoxy) is 1. The number of hydrogen-bond donors (Lipinski definition) is 1. The van der Waals surface area contributed by atoms with Gasteiger partial charge in [-0.1, -0.05) is 29.8 Å². The van der Waals surface area contributed by atoms with Gasteiger partial charge in [0, 0.05) is 24.2 Å². The second kappa shape index (κ2) is 6.65. The number of anilines is 2. The van der Waals surface area contributed by atoms with E-state index in [4.69, 9.17) is 4.74 Å². The molecule has 2 heterocycles. The van der Waals surface area contributed by atoms with E-state index in [1.807, 2.05) is 29.2 Å². The fourth-order valence-corrected chi connectivity index (χ4v) is 4.27. The van der Waals surface area contributed by atoms with E-state index in [2.05, 4.69) is 42.4 Å². The Kier molecular flexibility index (Phi) is 4.32. The monoisotopic (exact) mass is 351 g/mol. The number of aryl methyl sites for hydroxylation is 1. The van der Waals surface area contributed by atoms with Crippen molar-refractivity contribution in [2.45, 2.75) is 25.3 Å². The predicted octanol–water partition coefficient (Wildman–Crippen LogP) is 3.84. The van der Waals surface area contributed by atoms with Crippen LogP contribution in [0.1, 0.15) is 23.5 Å². The van der Waals surface area contributed by atoms with Crippen molar-refractivity contribution in [1.82, 2.24) is 4.90 Å². The predicted molar refractivity (Wildman–Crippen MR) is 104 cm³/mol. The van der Waals surface area contributed by atoms with Gasteiger partial charge in [-0.3, -0.25) is 4.90 Å². The van der Waals surface area contributed by atoms with Crippen LogP contribution in [-0.2, 0) is 0 Å². The first kappa shape index (κ1) is 16.9. The number of hydrogen-bond acceptors (Lipinski definition) is 3. The normalized spacial score (nSPS) is 21.9. The fourth-order valence-electron chi connectivity index (χ4n) is 4.27. The molecule has 0 radical (unpaired) electrons. The molecular formula is C21H25N3O2. The van der Waals surface area contributed by atoms with E-state index in [0.29, 0.717) is 17.4 Å². The number of fused-ring (bicyclic) bond motifs is 3. The van der Waals surface area contributed by atoms with Gasteiger partial charge < -0.3 is 15.0 Å². The Balaban J connectivity index is 1.68. The molecule has 4 rings (SSSR count). The van der Waals surface area contributed by atoms with E-state index < -0.39 is 0 Å². The molecule has 5 nitrogen and oxygen atoms in total. The van der Waals surface area contributed by atoms with E-state index in [1.165, 1.54) is 11.1 Å². The summed E-state index contributed by atoms with van der Waals surface area (Å²) in [5.41, 5.74) is 4.26. The molecule has 0 saturated carbocycles. The maximum atomic E-state index is 13.2. The average Bonchev–Trinajstić information content (AvgIpc) is 2.95. The Bertz CT molecular complexity index is 836. The SMILES string of the molecule is COc1ccccc1NC(=O)N1c2ccc(C)cc2[C@@H]2CN(C)CC[C@H]21. The fraction of sp³-hybridized carbons (Fsp3) is 0.381. The molecule has 26 heavy (non-hydrogen) atoms. The summed E-state index contributed by atoms with van der Waals surface area (Å²) >= 11 is 0. The summed E-state index contributed by atoms with van der Waals surface area (Å²) in [6.45, 7) is 4.10. The maximum absolute atomic E-state index is 13.2. The van der Waals surface area contributed by atoms with Crippen molar-refractivity contribution >= 4 is 17.4 Å². The van der Waals surface area contributed by atoms with Crippen molar-refractivity contribution < 1.29 is 9.53 Å². The number of likely N-dealkylation sites (tertiary alicyclic amines) is 1.